The lowest BCUT2D eigenvalue weighted by Crippen LogP contribution is -2.50. The fourth-order valence-corrected chi connectivity index (χ4v) is 6.33. The number of anilines is 1. The number of likely N-dealkylation sites (tertiary alicyclic amines) is 1. The molecule has 150 valence electrons. The van der Waals surface area contributed by atoms with Crippen molar-refractivity contribution in [1.82, 2.24) is 4.90 Å². The topological polar surface area (TPSA) is 87.2 Å². The molecule has 5 aliphatic rings. The summed E-state index contributed by atoms with van der Waals surface area (Å²) in [6.07, 6.45) is 4.92. The van der Waals surface area contributed by atoms with Gasteiger partial charge in [0, 0.05) is 23.7 Å². The standard InChI is InChI=1S/C21H19ClN2O5/c22-10-3-4-12-11(8-10)13(23-7-1-2-16(23)25)9-15-21-6-5-14(29-21)17(20(27)28)18(21)19(26)24(12)15/h3-6,8,13-15,17-18H,1-2,7,9H2,(H,27,28)/t13-,14-,15-,17-,18+,21-/m0/s1. The van der Waals surface area contributed by atoms with Gasteiger partial charge in [-0.3, -0.25) is 14.4 Å². The van der Waals surface area contributed by atoms with Gasteiger partial charge in [-0.1, -0.05) is 23.8 Å². The number of aliphatic carboxylic acids is 1. The van der Waals surface area contributed by atoms with Crippen LogP contribution in [0.1, 0.15) is 30.9 Å². The smallest absolute Gasteiger partial charge is 0.310 e. The number of fused-ring (bicyclic) bond motifs is 4. The molecule has 2 bridgehead atoms. The van der Waals surface area contributed by atoms with Crippen molar-refractivity contribution in [2.24, 2.45) is 11.8 Å². The zero-order chi connectivity index (χ0) is 20.1. The number of ether oxygens (including phenoxy) is 1. The summed E-state index contributed by atoms with van der Waals surface area (Å²) in [5.74, 6) is -2.77. The SMILES string of the molecule is O=C(O)[C@H]1[C@@H]2C=C[C@]3(O2)[C@@H]2C[C@H](N4CCCC4=O)c4cc(Cl)ccc4N2C(=O)[C@@H]13. The molecular formula is C21H19ClN2O5. The van der Waals surface area contributed by atoms with E-state index in [1.807, 2.05) is 17.0 Å². The largest absolute Gasteiger partial charge is 0.481 e. The summed E-state index contributed by atoms with van der Waals surface area (Å²) in [6, 6.07) is 4.80. The first-order valence-electron chi connectivity index (χ1n) is 9.94. The van der Waals surface area contributed by atoms with E-state index in [0.29, 0.717) is 30.1 Å². The van der Waals surface area contributed by atoms with Crippen LogP contribution in [0, 0.1) is 11.8 Å². The molecule has 6 atom stereocenters. The summed E-state index contributed by atoms with van der Waals surface area (Å²) < 4.78 is 6.19. The summed E-state index contributed by atoms with van der Waals surface area (Å²) in [6.45, 7) is 0.670. The number of nitrogens with zero attached hydrogens (tertiary/aromatic N) is 2. The molecule has 0 aliphatic carbocycles. The Kier molecular flexibility index (Phi) is 3.38. The van der Waals surface area contributed by atoms with E-state index >= 15 is 0 Å². The van der Waals surface area contributed by atoms with Gasteiger partial charge < -0.3 is 19.6 Å². The quantitative estimate of drug-likeness (QED) is 0.749. The summed E-state index contributed by atoms with van der Waals surface area (Å²) >= 11 is 6.27. The highest BCUT2D eigenvalue weighted by Crippen LogP contribution is 2.60. The van der Waals surface area contributed by atoms with Crippen LogP contribution in [0.2, 0.25) is 5.02 Å². The van der Waals surface area contributed by atoms with Gasteiger partial charge in [-0.05, 0) is 36.6 Å². The van der Waals surface area contributed by atoms with Crippen LogP contribution in [0.4, 0.5) is 5.69 Å². The molecule has 6 rings (SSSR count). The highest BCUT2D eigenvalue weighted by molar-refractivity contribution is 6.30. The average molecular weight is 415 g/mol. The van der Waals surface area contributed by atoms with E-state index in [4.69, 9.17) is 16.3 Å². The molecule has 7 nitrogen and oxygen atoms in total. The van der Waals surface area contributed by atoms with Gasteiger partial charge in [0.05, 0.1) is 24.1 Å². The summed E-state index contributed by atoms with van der Waals surface area (Å²) in [5.41, 5.74) is 0.594. The number of carbonyl (C=O) groups is 3. The van der Waals surface area contributed by atoms with Crippen LogP contribution in [0.3, 0.4) is 0 Å². The van der Waals surface area contributed by atoms with Gasteiger partial charge in [0.2, 0.25) is 11.8 Å². The zero-order valence-electron chi connectivity index (χ0n) is 15.5. The van der Waals surface area contributed by atoms with Gasteiger partial charge in [0.15, 0.2) is 0 Å². The molecular weight excluding hydrogens is 396 g/mol. The maximum absolute atomic E-state index is 13.5. The van der Waals surface area contributed by atoms with E-state index in [1.165, 1.54) is 0 Å². The maximum atomic E-state index is 13.5. The van der Waals surface area contributed by atoms with Crippen LogP contribution >= 0.6 is 11.6 Å². The Hall–Kier alpha value is -2.38. The van der Waals surface area contributed by atoms with Gasteiger partial charge in [0.25, 0.3) is 0 Å². The van der Waals surface area contributed by atoms with E-state index in [-0.39, 0.29) is 23.9 Å². The lowest BCUT2D eigenvalue weighted by atomic mass is 9.73. The van der Waals surface area contributed by atoms with E-state index < -0.39 is 29.5 Å². The molecule has 0 unspecified atom stereocenters. The number of carboxylic acids is 1. The third kappa shape index (κ3) is 2.04. The number of halogens is 1. The number of hydrogen-bond donors (Lipinski definition) is 1. The van der Waals surface area contributed by atoms with Gasteiger partial charge in [-0.25, -0.2) is 0 Å². The van der Waals surface area contributed by atoms with Crippen molar-refractivity contribution in [3.05, 3.63) is 40.9 Å². The molecule has 0 radical (unpaired) electrons. The van der Waals surface area contributed by atoms with Crippen molar-refractivity contribution >= 4 is 35.1 Å². The molecule has 1 N–H and O–H groups in total. The molecule has 1 aromatic carbocycles. The lowest BCUT2D eigenvalue weighted by molar-refractivity contribution is -0.146. The van der Waals surface area contributed by atoms with E-state index in [1.54, 1.807) is 23.1 Å². The Bertz CT molecular complexity index is 1010. The number of hydrogen-bond acceptors (Lipinski definition) is 4. The molecule has 1 spiro atoms. The lowest BCUT2D eigenvalue weighted by Gasteiger charge is -2.44. The van der Waals surface area contributed by atoms with Crippen LogP contribution in [-0.4, -0.2) is 52.1 Å². The minimum Gasteiger partial charge on any atom is -0.481 e. The number of benzene rings is 1. The molecule has 8 heteroatoms. The summed E-state index contributed by atoms with van der Waals surface area (Å²) in [7, 11) is 0. The Morgan fingerprint density at radius 3 is 2.86 bits per heavy atom. The molecule has 1 aromatic rings. The second kappa shape index (κ2) is 5.61. The van der Waals surface area contributed by atoms with Crippen LogP contribution in [0.15, 0.2) is 30.4 Å². The molecule has 2 amide bonds. The molecule has 0 aromatic heterocycles. The van der Waals surface area contributed by atoms with Crippen LogP contribution in [0.5, 0.6) is 0 Å². The van der Waals surface area contributed by atoms with E-state index in [0.717, 1.165) is 12.0 Å². The first-order valence-corrected chi connectivity index (χ1v) is 10.3. The minimum atomic E-state index is -1.01. The van der Waals surface area contributed by atoms with Crippen molar-refractivity contribution in [1.29, 1.82) is 0 Å². The summed E-state index contributed by atoms with van der Waals surface area (Å²) in [4.78, 5) is 41.5. The fourth-order valence-electron chi connectivity index (χ4n) is 6.15. The molecule has 29 heavy (non-hydrogen) atoms. The third-order valence-electron chi connectivity index (χ3n) is 7.25. The second-order valence-electron chi connectivity index (χ2n) is 8.51. The number of amides is 2. The number of rotatable bonds is 2. The molecule has 3 saturated heterocycles. The number of carboxylic acid groups (broad SMARTS) is 1. The Labute approximate surface area is 171 Å². The highest BCUT2D eigenvalue weighted by atomic mass is 35.5. The first kappa shape index (κ1) is 17.5. The van der Waals surface area contributed by atoms with Crippen molar-refractivity contribution in [3.63, 3.8) is 0 Å². The zero-order valence-corrected chi connectivity index (χ0v) is 16.2. The van der Waals surface area contributed by atoms with Gasteiger partial charge in [-0.15, -0.1) is 0 Å². The van der Waals surface area contributed by atoms with Crippen LogP contribution in [-0.2, 0) is 19.1 Å². The van der Waals surface area contributed by atoms with E-state index in [2.05, 4.69) is 0 Å². The fraction of sp³-hybridized carbons (Fsp3) is 0.476. The number of carbonyl (C=O) groups excluding carboxylic acids is 2. The first-order chi connectivity index (χ1) is 13.9. The Morgan fingerprint density at radius 1 is 1.31 bits per heavy atom. The minimum absolute atomic E-state index is 0.100. The Morgan fingerprint density at radius 2 is 2.14 bits per heavy atom. The second-order valence-corrected chi connectivity index (χ2v) is 8.94. The maximum Gasteiger partial charge on any atom is 0.310 e. The van der Waals surface area contributed by atoms with Crippen molar-refractivity contribution < 1.29 is 24.2 Å². The average Bonchev–Trinajstić information content (AvgIpc) is 3.43. The predicted octanol–water partition coefficient (Wildman–Crippen LogP) is 2.15. The molecule has 3 fully saturated rings. The van der Waals surface area contributed by atoms with Crippen molar-refractivity contribution in [2.45, 2.75) is 43.1 Å². The van der Waals surface area contributed by atoms with Gasteiger partial charge >= 0.3 is 5.97 Å². The molecule has 0 saturated carbocycles. The predicted molar refractivity (Wildman–Crippen MR) is 102 cm³/mol. The van der Waals surface area contributed by atoms with E-state index in [9.17, 15) is 19.5 Å². The molecule has 5 aliphatic heterocycles. The van der Waals surface area contributed by atoms with Crippen molar-refractivity contribution in [3.8, 4) is 0 Å². The summed E-state index contributed by atoms with van der Waals surface area (Å²) in [5, 5.41) is 10.3. The van der Waals surface area contributed by atoms with Crippen LogP contribution in [0.25, 0.3) is 0 Å². The van der Waals surface area contributed by atoms with Crippen LogP contribution < -0.4 is 4.90 Å². The molecule has 5 heterocycles. The van der Waals surface area contributed by atoms with Gasteiger partial charge in [0.1, 0.15) is 11.5 Å². The highest BCUT2D eigenvalue weighted by Gasteiger charge is 2.72. The Balaban J connectivity index is 1.52. The van der Waals surface area contributed by atoms with Gasteiger partial charge in [-0.2, -0.15) is 0 Å². The van der Waals surface area contributed by atoms with Crippen molar-refractivity contribution in [2.75, 3.05) is 11.4 Å². The third-order valence-corrected chi connectivity index (χ3v) is 7.48. The normalized spacial score (nSPS) is 39.1. The monoisotopic (exact) mass is 414 g/mol.